The third kappa shape index (κ3) is 5.03. The SMILES string of the molecule is O=C(CSC1=NS(=O)(=O)c2ccccc2N1Cc1ccccc1)Nc1ccc(Br)cc1F. The Morgan fingerprint density at radius 2 is 1.78 bits per heavy atom. The number of rotatable bonds is 5. The Morgan fingerprint density at radius 1 is 1.06 bits per heavy atom. The maximum atomic E-state index is 14.0. The lowest BCUT2D eigenvalue weighted by Crippen LogP contribution is -2.34. The molecule has 32 heavy (non-hydrogen) atoms. The van der Waals surface area contributed by atoms with Gasteiger partial charge in [0.25, 0.3) is 10.0 Å². The number of nitrogens with zero attached hydrogens (tertiary/aromatic N) is 2. The summed E-state index contributed by atoms with van der Waals surface area (Å²) in [6, 6.07) is 20.5. The second kappa shape index (κ2) is 9.43. The number of fused-ring (bicyclic) bond motifs is 1. The average Bonchev–Trinajstić information content (AvgIpc) is 2.77. The van der Waals surface area contributed by atoms with Gasteiger partial charge in [-0.25, -0.2) is 4.39 Å². The van der Waals surface area contributed by atoms with Crippen LogP contribution in [0.1, 0.15) is 5.56 Å². The quantitative estimate of drug-likeness (QED) is 0.497. The molecule has 0 radical (unpaired) electrons. The first-order chi connectivity index (χ1) is 15.3. The Bertz CT molecular complexity index is 1300. The van der Waals surface area contributed by atoms with Crippen molar-refractivity contribution in [1.29, 1.82) is 0 Å². The molecule has 1 heterocycles. The van der Waals surface area contributed by atoms with Gasteiger partial charge in [0.05, 0.1) is 23.7 Å². The lowest BCUT2D eigenvalue weighted by atomic mass is 10.2. The number of amidine groups is 1. The van der Waals surface area contributed by atoms with Crippen molar-refractivity contribution in [3.8, 4) is 0 Å². The Hall–Kier alpha value is -2.69. The van der Waals surface area contributed by atoms with Crippen LogP contribution in [0.5, 0.6) is 0 Å². The van der Waals surface area contributed by atoms with Crippen molar-refractivity contribution >= 4 is 60.2 Å². The Morgan fingerprint density at radius 3 is 2.53 bits per heavy atom. The normalized spacial score (nSPS) is 14.4. The number of para-hydroxylation sites is 1. The molecule has 0 saturated carbocycles. The number of thioether (sulfide) groups is 1. The summed E-state index contributed by atoms with van der Waals surface area (Å²) in [5.41, 5.74) is 1.49. The van der Waals surface area contributed by atoms with Crippen LogP contribution < -0.4 is 10.2 Å². The van der Waals surface area contributed by atoms with Gasteiger partial charge in [0.15, 0.2) is 5.17 Å². The number of nitrogens with one attached hydrogen (secondary N) is 1. The van der Waals surface area contributed by atoms with Crippen molar-refractivity contribution < 1.29 is 17.6 Å². The molecule has 0 atom stereocenters. The topological polar surface area (TPSA) is 78.8 Å². The van der Waals surface area contributed by atoms with Gasteiger partial charge in [-0.1, -0.05) is 70.2 Å². The van der Waals surface area contributed by atoms with E-state index in [0.717, 1.165) is 17.3 Å². The summed E-state index contributed by atoms with van der Waals surface area (Å²) in [6.45, 7) is 0.377. The molecule has 0 aromatic heterocycles. The van der Waals surface area contributed by atoms with Crippen LogP contribution in [0.25, 0.3) is 0 Å². The minimum Gasteiger partial charge on any atom is -0.323 e. The highest BCUT2D eigenvalue weighted by Gasteiger charge is 2.31. The van der Waals surface area contributed by atoms with Crippen LogP contribution in [0.15, 0.2) is 86.6 Å². The lowest BCUT2D eigenvalue weighted by Gasteiger charge is -2.30. The molecular weight excluding hydrogens is 517 g/mol. The van der Waals surface area contributed by atoms with Gasteiger partial charge in [-0.15, -0.1) is 4.40 Å². The number of anilines is 2. The second-order valence-electron chi connectivity index (χ2n) is 6.85. The Kier molecular flexibility index (Phi) is 6.63. The van der Waals surface area contributed by atoms with Crippen LogP contribution in [0.4, 0.5) is 15.8 Å². The largest absolute Gasteiger partial charge is 0.323 e. The summed E-state index contributed by atoms with van der Waals surface area (Å²) in [5.74, 6) is -1.19. The first kappa shape index (κ1) is 22.5. The average molecular weight is 534 g/mol. The second-order valence-corrected chi connectivity index (χ2v) is 10.3. The molecule has 0 saturated heterocycles. The molecular formula is C22H17BrFN3O3S2. The van der Waals surface area contributed by atoms with Gasteiger partial charge in [0, 0.05) is 4.47 Å². The van der Waals surface area contributed by atoms with E-state index in [1.165, 1.54) is 18.2 Å². The predicted molar refractivity (Wildman–Crippen MR) is 129 cm³/mol. The van der Waals surface area contributed by atoms with E-state index in [-0.39, 0.29) is 21.5 Å². The van der Waals surface area contributed by atoms with Crippen LogP contribution in [0.3, 0.4) is 0 Å². The van der Waals surface area contributed by atoms with Gasteiger partial charge in [-0.05, 0) is 35.9 Å². The highest BCUT2D eigenvalue weighted by Crippen LogP contribution is 2.35. The summed E-state index contributed by atoms with van der Waals surface area (Å²) in [7, 11) is -3.91. The molecule has 0 bridgehead atoms. The van der Waals surface area contributed by atoms with Crippen molar-refractivity contribution in [3.63, 3.8) is 0 Å². The standard InChI is InChI=1S/C22H17BrFN3O3S2/c23-16-10-11-18(17(24)12-16)25-21(28)14-31-22-26-32(29,30)20-9-5-4-8-19(20)27(22)13-15-6-2-1-3-7-15/h1-12H,13-14H2,(H,25,28). The molecule has 4 rings (SSSR count). The van der Waals surface area contributed by atoms with E-state index in [1.54, 1.807) is 29.2 Å². The highest BCUT2D eigenvalue weighted by atomic mass is 79.9. The number of carbonyl (C=O) groups excluding carboxylic acids is 1. The van der Waals surface area contributed by atoms with Crippen LogP contribution in [0, 0.1) is 5.82 Å². The summed E-state index contributed by atoms with van der Waals surface area (Å²) >= 11 is 4.15. The third-order valence-electron chi connectivity index (χ3n) is 4.58. The number of benzene rings is 3. The number of halogens is 2. The van der Waals surface area contributed by atoms with Crippen molar-refractivity contribution in [3.05, 3.63) is 88.6 Å². The molecule has 1 aliphatic heterocycles. The van der Waals surface area contributed by atoms with E-state index in [4.69, 9.17) is 0 Å². The number of amides is 1. The zero-order chi connectivity index (χ0) is 22.7. The predicted octanol–water partition coefficient (Wildman–Crippen LogP) is 5.03. The number of hydrogen-bond acceptors (Lipinski definition) is 5. The minimum atomic E-state index is -3.91. The molecule has 1 amide bonds. The Balaban J connectivity index is 1.57. The first-order valence-electron chi connectivity index (χ1n) is 9.47. The molecule has 3 aromatic carbocycles. The van der Waals surface area contributed by atoms with Crippen LogP contribution in [0.2, 0.25) is 0 Å². The fraction of sp³-hybridized carbons (Fsp3) is 0.0909. The van der Waals surface area contributed by atoms with Crippen LogP contribution in [-0.2, 0) is 21.4 Å². The Labute approximate surface area is 197 Å². The zero-order valence-corrected chi connectivity index (χ0v) is 19.8. The molecule has 0 fully saturated rings. The van der Waals surface area contributed by atoms with Gasteiger partial charge in [0.2, 0.25) is 5.91 Å². The van der Waals surface area contributed by atoms with Gasteiger partial charge in [-0.2, -0.15) is 8.42 Å². The molecule has 1 aliphatic rings. The monoisotopic (exact) mass is 533 g/mol. The first-order valence-corrected chi connectivity index (χ1v) is 12.7. The van der Waals surface area contributed by atoms with E-state index in [0.29, 0.717) is 16.7 Å². The van der Waals surface area contributed by atoms with E-state index >= 15 is 0 Å². The zero-order valence-electron chi connectivity index (χ0n) is 16.5. The third-order valence-corrected chi connectivity index (χ3v) is 7.48. The van der Waals surface area contributed by atoms with Crippen LogP contribution in [-0.4, -0.2) is 25.2 Å². The number of carbonyl (C=O) groups is 1. The summed E-state index contributed by atoms with van der Waals surface area (Å²) in [4.78, 5) is 14.3. The maximum absolute atomic E-state index is 14.0. The highest BCUT2D eigenvalue weighted by molar-refractivity contribution is 9.10. The molecule has 0 aliphatic carbocycles. The molecule has 0 unspecified atom stereocenters. The van der Waals surface area contributed by atoms with E-state index < -0.39 is 21.7 Å². The summed E-state index contributed by atoms with van der Waals surface area (Å²) in [5, 5.41) is 2.68. The maximum Gasteiger partial charge on any atom is 0.286 e. The van der Waals surface area contributed by atoms with Gasteiger partial charge >= 0.3 is 0 Å². The molecule has 1 N–H and O–H groups in total. The lowest BCUT2D eigenvalue weighted by molar-refractivity contribution is -0.113. The smallest absolute Gasteiger partial charge is 0.286 e. The molecule has 6 nitrogen and oxygen atoms in total. The van der Waals surface area contributed by atoms with E-state index in [1.807, 2.05) is 30.3 Å². The minimum absolute atomic E-state index is 0.0449. The van der Waals surface area contributed by atoms with Gasteiger partial charge in [0.1, 0.15) is 10.7 Å². The molecule has 164 valence electrons. The van der Waals surface area contributed by atoms with Crippen molar-refractivity contribution in [2.45, 2.75) is 11.4 Å². The fourth-order valence-electron chi connectivity index (χ4n) is 3.13. The fourth-order valence-corrected chi connectivity index (χ4v) is 5.72. The van der Waals surface area contributed by atoms with Gasteiger partial charge in [-0.3, -0.25) is 4.79 Å². The molecule has 0 spiro atoms. The van der Waals surface area contributed by atoms with Crippen molar-refractivity contribution in [2.75, 3.05) is 16.0 Å². The summed E-state index contributed by atoms with van der Waals surface area (Å²) in [6.07, 6.45) is 0. The summed E-state index contributed by atoms with van der Waals surface area (Å²) < 4.78 is 44.0. The molecule has 3 aromatic rings. The van der Waals surface area contributed by atoms with E-state index in [2.05, 4.69) is 25.6 Å². The van der Waals surface area contributed by atoms with Crippen molar-refractivity contribution in [1.82, 2.24) is 0 Å². The van der Waals surface area contributed by atoms with Crippen molar-refractivity contribution in [2.24, 2.45) is 4.40 Å². The number of sulfonamides is 1. The van der Waals surface area contributed by atoms with E-state index in [9.17, 15) is 17.6 Å². The van der Waals surface area contributed by atoms with Gasteiger partial charge < -0.3 is 10.2 Å². The number of hydrogen-bond donors (Lipinski definition) is 1. The molecule has 10 heteroatoms. The van der Waals surface area contributed by atoms with Crippen LogP contribution >= 0.6 is 27.7 Å².